The van der Waals surface area contributed by atoms with Crippen LogP contribution in [0, 0.1) is 39.9 Å². The zero-order valence-corrected chi connectivity index (χ0v) is 32.5. The van der Waals surface area contributed by atoms with Crippen LogP contribution < -0.4 is 4.74 Å². The minimum Gasteiger partial charge on any atom is -0.491 e. The maximum absolute atomic E-state index is 12.7. The molecule has 1 fully saturated rings. The van der Waals surface area contributed by atoms with E-state index >= 15 is 0 Å². The van der Waals surface area contributed by atoms with E-state index in [1.807, 2.05) is 31.2 Å². The summed E-state index contributed by atoms with van der Waals surface area (Å²) in [6.45, 7) is 1.81. The van der Waals surface area contributed by atoms with Crippen molar-refractivity contribution in [2.75, 3.05) is 105 Å². The molecule has 4 atom stereocenters. The standard InChI is InChI=1S/C34H56N4O14.Gd/c1-2-50-18-19-51-20-21-52-26-8-6-25(7-9-26)4-3-5-27(31(42)43)35-10-12-36(28(22-39)32(44)45)14-16-38(30(24-41)34(48)49)17-15-37(13-11-35)29(23-40)33(46)47;/h6-9,27-30,39-41H,2-5,10-24H2,1H3,(H,42,43)(H,44,45)(H,46,47)(H,48,49);/t27-,28-,29-,30-;/m0./s1. The fourth-order valence-electron chi connectivity index (χ4n) is 6.07. The summed E-state index contributed by atoms with van der Waals surface area (Å²) in [6, 6.07) is 2.29. The number of aliphatic carboxylic acids is 4. The van der Waals surface area contributed by atoms with Gasteiger partial charge in [0.15, 0.2) is 0 Å². The van der Waals surface area contributed by atoms with E-state index in [9.17, 15) is 54.9 Å². The molecule has 304 valence electrons. The van der Waals surface area contributed by atoms with E-state index < -0.39 is 67.9 Å². The van der Waals surface area contributed by atoms with Crippen molar-refractivity contribution in [3.63, 3.8) is 0 Å². The molecular formula is C34H56GdN4O14. The van der Waals surface area contributed by atoms with Crippen molar-refractivity contribution >= 4 is 23.9 Å². The number of hydrogen-bond donors (Lipinski definition) is 7. The van der Waals surface area contributed by atoms with Crippen molar-refractivity contribution in [1.29, 1.82) is 0 Å². The van der Waals surface area contributed by atoms with E-state index in [0.29, 0.717) is 51.6 Å². The first-order valence-electron chi connectivity index (χ1n) is 17.5. The smallest absolute Gasteiger partial charge is 0.323 e. The molecule has 0 aliphatic carbocycles. The number of aryl methyl sites for hydroxylation is 1. The molecule has 1 aromatic carbocycles. The van der Waals surface area contributed by atoms with Crippen molar-refractivity contribution in [3.8, 4) is 5.75 Å². The number of aliphatic hydroxyl groups is 3. The third-order valence-electron chi connectivity index (χ3n) is 9.06. The summed E-state index contributed by atoms with van der Waals surface area (Å²) >= 11 is 0. The van der Waals surface area contributed by atoms with Crippen LogP contribution in [0.1, 0.15) is 25.3 Å². The van der Waals surface area contributed by atoms with Gasteiger partial charge in [-0.25, -0.2) is 0 Å². The summed E-state index contributed by atoms with van der Waals surface area (Å²) < 4.78 is 16.4. The Morgan fingerprint density at radius 1 is 0.585 bits per heavy atom. The first-order chi connectivity index (χ1) is 25.0. The number of nitrogens with zero attached hydrogens (tertiary/aromatic N) is 4. The molecule has 1 aliphatic rings. The van der Waals surface area contributed by atoms with Gasteiger partial charge < -0.3 is 50.0 Å². The molecule has 0 spiro atoms. The van der Waals surface area contributed by atoms with Crippen molar-refractivity contribution in [2.24, 2.45) is 0 Å². The second-order valence-electron chi connectivity index (χ2n) is 12.3. The zero-order chi connectivity index (χ0) is 38.5. The third-order valence-corrected chi connectivity index (χ3v) is 9.06. The summed E-state index contributed by atoms with van der Waals surface area (Å²) in [5, 5.41) is 69.5. The Hall–Kier alpha value is -2.14. The number of hydrogen-bond acceptors (Lipinski definition) is 14. The van der Waals surface area contributed by atoms with Gasteiger partial charge in [0, 0.05) is 98.9 Å². The fraction of sp³-hybridized carbons (Fsp3) is 0.706. The average molecular weight is 902 g/mol. The Morgan fingerprint density at radius 3 is 1.30 bits per heavy atom. The molecule has 1 saturated heterocycles. The van der Waals surface area contributed by atoms with Gasteiger partial charge in [0.1, 0.15) is 36.5 Å². The average Bonchev–Trinajstić information content (AvgIpc) is 3.10. The quantitative estimate of drug-likeness (QED) is 0.0615. The molecule has 1 aliphatic heterocycles. The molecule has 0 bridgehead atoms. The predicted octanol–water partition coefficient (Wildman–Crippen LogP) is -1.55. The van der Waals surface area contributed by atoms with E-state index in [2.05, 4.69) is 0 Å². The molecule has 0 aromatic heterocycles. The Morgan fingerprint density at radius 2 is 0.943 bits per heavy atom. The van der Waals surface area contributed by atoms with Crippen molar-refractivity contribution in [2.45, 2.75) is 50.4 Å². The molecule has 19 heteroatoms. The third kappa shape index (κ3) is 17.5. The van der Waals surface area contributed by atoms with Crippen LogP contribution >= 0.6 is 0 Å². The molecular weight excluding hydrogens is 846 g/mol. The van der Waals surface area contributed by atoms with Crippen LogP contribution in [0.15, 0.2) is 24.3 Å². The van der Waals surface area contributed by atoms with Crippen LogP contribution in [0.25, 0.3) is 0 Å². The van der Waals surface area contributed by atoms with E-state index in [-0.39, 0.29) is 98.7 Å². The van der Waals surface area contributed by atoms with Gasteiger partial charge in [-0.1, -0.05) is 12.1 Å². The Balaban J connectivity index is 0.0000140. The van der Waals surface area contributed by atoms with Gasteiger partial charge in [0.25, 0.3) is 0 Å². The van der Waals surface area contributed by atoms with Gasteiger partial charge in [-0.05, 0) is 43.9 Å². The largest absolute Gasteiger partial charge is 0.491 e. The normalized spacial score (nSPS) is 18.0. The second kappa shape index (κ2) is 27.4. The molecule has 0 unspecified atom stereocenters. The SMILES string of the molecule is CCOCCOCCOc1ccc(CCC[C@@H](C(=O)O)N2CCN([C@@H](CO)C(=O)O)CCN([C@@H](CO)C(=O)O)CCN([C@@H](CO)C(=O)O)CC2)cc1.[Gd]. The van der Waals surface area contributed by atoms with Crippen LogP contribution in [0.5, 0.6) is 5.75 Å². The van der Waals surface area contributed by atoms with Crippen molar-refractivity contribution in [3.05, 3.63) is 29.8 Å². The number of carboxylic acids is 4. The van der Waals surface area contributed by atoms with Crippen LogP contribution in [0.3, 0.4) is 0 Å². The van der Waals surface area contributed by atoms with Gasteiger partial charge in [-0.15, -0.1) is 0 Å². The maximum atomic E-state index is 12.7. The number of rotatable bonds is 23. The van der Waals surface area contributed by atoms with Crippen molar-refractivity contribution in [1.82, 2.24) is 19.6 Å². The molecule has 2 rings (SSSR count). The van der Waals surface area contributed by atoms with Gasteiger partial charge >= 0.3 is 23.9 Å². The minimum atomic E-state index is -1.38. The number of carboxylic acid groups (broad SMARTS) is 4. The molecule has 1 heterocycles. The van der Waals surface area contributed by atoms with E-state index in [4.69, 9.17) is 14.2 Å². The predicted molar refractivity (Wildman–Crippen MR) is 185 cm³/mol. The fourth-order valence-corrected chi connectivity index (χ4v) is 6.07. The summed E-state index contributed by atoms with van der Waals surface area (Å²) in [6.07, 6.45) is 1.24. The summed E-state index contributed by atoms with van der Waals surface area (Å²) in [5.74, 6) is -4.43. The van der Waals surface area contributed by atoms with Gasteiger partial charge in [-0.3, -0.25) is 38.8 Å². The number of carbonyl (C=O) groups is 4. The Bertz CT molecular complexity index is 1180. The van der Waals surface area contributed by atoms with Crippen LogP contribution in [0.2, 0.25) is 0 Å². The summed E-state index contributed by atoms with van der Waals surface area (Å²) in [5.41, 5.74) is 0.960. The topological polar surface area (TPSA) is 251 Å². The molecule has 0 saturated carbocycles. The first kappa shape index (κ1) is 48.9. The van der Waals surface area contributed by atoms with Crippen molar-refractivity contribution < 1.29 is 109 Å². The summed E-state index contributed by atoms with van der Waals surface area (Å²) in [4.78, 5) is 54.6. The molecule has 18 nitrogen and oxygen atoms in total. The summed E-state index contributed by atoms with van der Waals surface area (Å²) in [7, 11) is 0. The van der Waals surface area contributed by atoms with E-state index in [1.165, 1.54) is 14.7 Å². The molecule has 7 N–H and O–H groups in total. The van der Waals surface area contributed by atoms with Crippen LogP contribution in [0.4, 0.5) is 0 Å². The number of benzene rings is 1. The number of aliphatic hydroxyl groups excluding tert-OH is 3. The van der Waals surface area contributed by atoms with Crippen LogP contribution in [-0.4, -0.2) is 209 Å². The van der Waals surface area contributed by atoms with E-state index in [0.717, 1.165) is 5.56 Å². The number of ether oxygens (including phenoxy) is 3. The Labute approximate surface area is 341 Å². The molecule has 53 heavy (non-hydrogen) atoms. The van der Waals surface area contributed by atoms with Crippen LogP contribution in [-0.2, 0) is 35.1 Å². The molecule has 0 radical (unpaired) electrons. The Kier molecular flexibility index (Phi) is 25.3. The monoisotopic (exact) mass is 902 g/mol. The second-order valence-corrected chi connectivity index (χ2v) is 12.3. The minimum absolute atomic E-state index is 0. The van der Waals surface area contributed by atoms with Gasteiger partial charge in [0.05, 0.1) is 39.6 Å². The first-order valence-corrected chi connectivity index (χ1v) is 17.5. The molecule has 1 aromatic rings. The van der Waals surface area contributed by atoms with Gasteiger partial charge in [-0.2, -0.15) is 0 Å². The molecule has 0 amide bonds. The maximum Gasteiger partial charge on any atom is 0.323 e. The van der Waals surface area contributed by atoms with Gasteiger partial charge in [0.2, 0.25) is 0 Å². The van der Waals surface area contributed by atoms with E-state index in [1.54, 1.807) is 4.90 Å². The zero-order valence-electron chi connectivity index (χ0n) is 30.2.